The van der Waals surface area contributed by atoms with Gasteiger partial charge < -0.3 is 14.8 Å². The van der Waals surface area contributed by atoms with Crippen LogP contribution in [-0.4, -0.2) is 60.4 Å². The van der Waals surface area contributed by atoms with Gasteiger partial charge >= 0.3 is 0 Å². The van der Waals surface area contributed by atoms with Crippen molar-refractivity contribution in [3.8, 4) is 11.3 Å². The highest BCUT2D eigenvalue weighted by atomic mass is 16.5. The molecule has 7 heteroatoms. The minimum absolute atomic E-state index is 0.0399. The van der Waals surface area contributed by atoms with Gasteiger partial charge in [0.2, 0.25) is 0 Å². The van der Waals surface area contributed by atoms with Crippen molar-refractivity contribution in [2.75, 3.05) is 19.7 Å². The lowest BCUT2D eigenvalue weighted by atomic mass is 9.93. The van der Waals surface area contributed by atoms with Crippen LogP contribution < -0.4 is 0 Å². The van der Waals surface area contributed by atoms with E-state index in [0.29, 0.717) is 19.1 Å². The molecule has 0 saturated carbocycles. The number of ether oxygens (including phenoxy) is 1. The smallest absolute Gasteiger partial charge is 0.158 e. The quantitative estimate of drug-likeness (QED) is 0.413. The molecule has 3 aromatic heterocycles. The topological polar surface area (TPSA) is 78.7 Å². The standard InChI is InChI=1S/C28H37N5O2/c1-17(2)24-21-11-19(23-13-32(14-28(6,7)34)27(4,5)15-35-23)8-9-22(21)31-25(24)20-10-18(3)26-29-16-30-33(26)12-20/h8-12,16-17,23,31,34H,13-15H2,1-7H3. The summed E-state index contributed by atoms with van der Waals surface area (Å²) in [6.07, 6.45) is 3.61. The minimum Gasteiger partial charge on any atom is -0.389 e. The van der Waals surface area contributed by atoms with Crippen molar-refractivity contribution in [1.29, 1.82) is 0 Å². The Labute approximate surface area is 207 Å². The van der Waals surface area contributed by atoms with E-state index >= 15 is 0 Å². The Kier molecular flexibility index (Phi) is 5.78. The van der Waals surface area contributed by atoms with Crippen LogP contribution in [0.25, 0.3) is 27.8 Å². The molecular formula is C28H37N5O2. The summed E-state index contributed by atoms with van der Waals surface area (Å²) in [6, 6.07) is 8.81. The van der Waals surface area contributed by atoms with Gasteiger partial charge in [-0.05, 0) is 75.4 Å². The first-order valence-corrected chi connectivity index (χ1v) is 12.5. The monoisotopic (exact) mass is 475 g/mol. The lowest BCUT2D eigenvalue weighted by Crippen LogP contribution is -2.57. The van der Waals surface area contributed by atoms with Gasteiger partial charge in [0.15, 0.2) is 5.65 Å². The molecule has 1 saturated heterocycles. The zero-order valence-corrected chi connectivity index (χ0v) is 21.9. The maximum absolute atomic E-state index is 10.5. The van der Waals surface area contributed by atoms with E-state index in [4.69, 9.17) is 4.74 Å². The Hall–Kier alpha value is -2.74. The van der Waals surface area contributed by atoms with Crippen molar-refractivity contribution >= 4 is 16.6 Å². The van der Waals surface area contributed by atoms with Gasteiger partial charge in [-0.2, -0.15) is 5.10 Å². The number of H-pyrrole nitrogens is 1. The number of aliphatic hydroxyl groups is 1. The van der Waals surface area contributed by atoms with E-state index in [1.54, 1.807) is 6.33 Å². The fourth-order valence-corrected chi connectivity index (χ4v) is 5.33. The van der Waals surface area contributed by atoms with Crippen LogP contribution >= 0.6 is 0 Å². The number of rotatable bonds is 5. The van der Waals surface area contributed by atoms with Gasteiger partial charge in [-0.3, -0.25) is 4.90 Å². The Morgan fingerprint density at radius 2 is 2.03 bits per heavy atom. The highest BCUT2D eigenvalue weighted by Gasteiger charge is 2.38. The van der Waals surface area contributed by atoms with Crippen LogP contribution in [0.15, 0.2) is 36.8 Å². The van der Waals surface area contributed by atoms with Gasteiger partial charge in [0.05, 0.1) is 24.0 Å². The number of fused-ring (bicyclic) bond motifs is 2. The molecule has 0 radical (unpaired) electrons. The molecule has 0 amide bonds. The van der Waals surface area contributed by atoms with Crippen molar-refractivity contribution in [3.05, 3.63) is 53.5 Å². The van der Waals surface area contributed by atoms with Gasteiger partial charge in [-0.1, -0.05) is 19.9 Å². The van der Waals surface area contributed by atoms with Gasteiger partial charge in [0.25, 0.3) is 0 Å². The molecule has 186 valence electrons. The molecule has 1 aliphatic heterocycles. The zero-order valence-electron chi connectivity index (χ0n) is 21.9. The van der Waals surface area contributed by atoms with Gasteiger partial charge in [0.1, 0.15) is 6.33 Å². The molecule has 1 aromatic carbocycles. The Bertz CT molecular complexity index is 1380. The molecule has 5 rings (SSSR count). The highest BCUT2D eigenvalue weighted by Crippen LogP contribution is 2.39. The summed E-state index contributed by atoms with van der Waals surface area (Å²) in [5.41, 5.74) is 6.92. The minimum atomic E-state index is -0.757. The lowest BCUT2D eigenvalue weighted by molar-refractivity contribution is -0.120. The first kappa shape index (κ1) is 24.0. The molecule has 1 aliphatic rings. The van der Waals surface area contributed by atoms with E-state index in [2.05, 4.69) is 78.9 Å². The van der Waals surface area contributed by atoms with Crippen LogP contribution in [0.1, 0.15) is 70.3 Å². The summed E-state index contributed by atoms with van der Waals surface area (Å²) in [6.45, 7) is 16.6. The number of morpholine rings is 1. The number of aryl methyl sites for hydroxylation is 1. The van der Waals surface area contributed by atoms with E-state index in [1.807, 2.05) is 24.6 Å². The molecule has 1 unspecified atom stereocenters. The Morgan fingerprint density at radius 3 is 2.74 bits per heavy atom. The first-order chi connectivity index (χ1) is 16.4. The largest absolute Gasteiger partial charge is 0.389 e. The highest BCUT2D eigenvalue weighted by molar-refractivity contribution is 5.92. The Balaban J connectivity index is 1.55. The second-order valence-corrected chi connectivity index (χ2v) is 11.6. The van der Waals surface area contributed by atoms with Gasteiger partial charge in [0, 0.05) is 41.3 Å². The van der Waals surface area contributed by atoms with Gasteiger partial charge in [-0.25, -0.2) is 9.50 Å². The zero-order chi connectivity index (χ0) is 25.1. The summed E-state index contributed by atoms with van der Waals surface area (Å²) in [5, 5.41) is 16.1. The lowest BCUT2D eigenvalue weighted by Gasteiger charge is -2.47. The predicted octanol–water partition coefficient (Wildman–Crippen LogP) is 5.23. The van der Waals surface area contributed by atoms with Gasteiger partial charge in [-0.15, -0.1) is 0 Å². The van der Waals surface area contributed by atoms with Crippen molar-refractivity contribution in [1.82, 2.24) is 24.5 Å². The molecule has 4 heterocycles. The first-order valence-electron chi connectivity index (χ1n) is 12.5. The molecule has 0 bridgehead atoms. The normalized spacial score (nSPS) is 19.3. The molecule has 0 aliphatic carbocycles. The third kappa shape index (κ3) is 4.48. The summed E-state index contributed by atoms with van der Waals surface area (Å²) >= 11 is 0. The van der Waals surface area contributed by atoms with Crippen LogP contribution in [0.2, 0.25) is 0 Å². The number of hydrogen-bond acceptors (Lipinski definition) is 5. The van der Waals surface area contributed by atoms with Crippen LogP contribution in [0.4, 0.5) is 0 Å². The van der Waals surface area contributed by atoms with Crippen LogP contribution in [0.5, 0.6) is 0 Å². The number of nitrogens with zero attached hydrogens (tertiary/aromatic N) is 4. The van der Waals surface area contributed by atoms with Crippen LogP contribution in [0.3, 0.4) is 0 Å². The SMILES string of the molecule is Cc1cc(-c2[nH]c3ccc(C4CN(CC(C)(C)O)C(C)(C)CO4)cc3c2C(C)C)cn2ncnc12. The summed E-state index contributed by atoms with van der Waals surface area (Å²) < 4.78 is 8.22. The molecule has 0 spiro atoms. The number of pyridine rings is 1. The van der Waals surface area contributed by atoms with E-state index in [-0.39, 0.29) is 11.6 Å². The van der Waals surface area contributed by atoms with Crippen LogP contribution in [0, 0.1) is 6.92 Å². The predicted molar refractivity (Wildman–Crippen MR) is 140 cm³/mol. The Morgan fingerprint density at radius 1 is 1.26 bits per heavy atom. The fraction of sp³-hybridized carbons (Fsp3) is 0.500. The number of benzene rings is 1. The van der Waals surface area contributed by atoms with E-state index in [0.717, 1.165) is 34.5 Å². The molecule has 4 aromatic rings. The van der Waals surface area contributed by atoms with E-state index < -0.39 is 5.60 Å². The van der Waals surface area contributed by atoms with Crippen molar-refractivity contribution in [3.63, 3.8) is 0 Å². The number of β-amino-alcohol motifs (C(OH)–C–C–N with tert-alkyl or cyclic N) is 1. The van der Waals surface area contributed by atoms with Crippen molar-refractivity contribution < 1.29 is 9.84 Å². The third-order valence-electron chi connectivity index (χ3n) is 7.12. The molecular weight excluding hydrogens is 438 g/mol. The number of aromatic nitrogens is 4. The molecule has 1 atom stereocenters. The number of aromatic amines is 1. The fourth-order valence-electron chi connectivity index (χ4n) is 5.33. The molecule has 2 N–H and O–H groups in total. The van der Waals surface area contributed by atoms with Crippen LogP contribution in [-0.2, 0) is 4.74 Å². The van der Waals surface area contributed by atoms with E-state index in [1.165, 1.54) is 16.5 Å². The van der Waals surface area contributed by atoms with E-state index in [9.17, 15) is 5.11 Å². The third-order valence-corrected chi connectivity index (χ3v) is 7.12. The maximum atomic E-state index is 10.5. The summed E-state index contributed by atoms with van der Waals surface area (Å²) in [4.78, 5) is 10.4. The molecule has 1 fully saturated rings. The molecule has 35 heavy (non-hydrogen) atoms. The maximum Gasteiger partial charge on any atom is 0.158 e. The average Bonchev–Trinajstić information content (AvgIpc) is 3.38. The average molecular weight is 476 g/mol. The summed E-state index contributed by atoms with van der Waals surface area (Å²) in [7, 11) is 0. The molecule has 7 nitrogen and oxygen atoms in total. The van der Waals surface area contributed by atoms with Crippen molar-refractivity contribution in [2.24, 2.45) is 0 Å². The second kappa shape index (κ2) is 8.43. The number of nitrogens with one attached hydrogen (secondary N) is 1. The number of hydrogen-bond donors (Lipinski definition) is 2. The summed E-state index contributed by atoms with van der Waals surface area (Å²) in [5.74, 6) is 0.332. The second-order valence-electron chi connectivity index (χ2n) is 11.6. The van der Waals surface area contributed by atoms with Crippen molar-refractivity contribution in [2.45, 2.75) is 71.6 Å².